The van der Waals surface area contributed by atoms with E-state index in [-0.39, 0.29) is 18.1 Å². The third-order valence-corrected chi connectivity index (χ3v) is 2.81. The maximum Gasteiger partial charge on any atom is 0.136 e. The summed E-state index contributed by atoms with van der Waals surface area (Å²) in [6.07, 6.45) is 5.65. The zero-order valence-electron chi connectivity index (χ0n) is 9.04. The molecular weight excluding hydrogens is 180 g/mol. The highest BCUT2D eigenvalue weighted by molar-refractivity contribution is 6.37. The Morgan fingerprint density at radius 3 is 1.92 bits per heavy atom. The second kappa shape index (κ2) is 7.13. The molecule has 0 aliphatic heterocycles. The molecule has 0 saturated heterocycles. The minimum Gasteiger partial charge on any atom is -0.354 e. The quantitative estimate of drug-likeness (QED) is 0.366. The molecule has 0 fully saturated rings. The standard InChI is InChI=1S/C10H20O2Si/c1-6-7-13-10(11-8(2)3)12-9(4)5/h1,8-10H,7,13H2,2-5H3. The molecule has 0 bridgehead atoms. The third-order valence-electron chi connectivity index (χ3n) is 1.37. The largest absolute Gasteiger partial charge is 0.354 e. The van der Waals surface area contributed by atoms with Crippen LogP contribution >= 0.6 is 0 Å². The van der Waals surface area contributed by atoms with Crippen LogP contribution in [0.5, 0.6) is 0 Å². The van der Waals surface area contributed by atoms with Gasteiger partial charge in [0.1, 0.15) is 15.4 Å². The van der Waals surface area contributed by atoms with E-state index in [9.17, 15) is 0 Å². The minimum atomic E-state index is -0.441. The molecule has 0 aromatic heterocycles. The molecule has 0 saturated carbocycles. The molecule has 0 N–H and O–H groups in total. The molecule has 0 amide bonds. The van der Waals surface area contributed by atoms with E-state index in [0.29, 0.717) is 0 Å². The van der Waals surface area contributed by atoms with Crippen molar-refractivity contribution in [3.05, 3.63) is 0 Å². The van der Waals surface area contributed by atoms with E-state index >= 15 is 0 Å². The molecule has 0 rings (SSSR count). The van der Waals surface area contributed by atoms with E-state index in [1.54, 1.807) is 0 Å². The van der Waals surface area contributed by atoms with Crippen LogP contribution < -0.4 is 0 Å². The van der Waals surface area contributed by atoms with Crippen LogP contribution in [-0.2, 0) is 9.47 Å². The van der Waals surface area contributed by atoms with E-state index < -0.39 is 9.52 Å². The summed E-state index contributed by atoms with van der Waals surface area (Å²) in [5.74, 6) is 2.63. The van der Waals surface area contributed by atoms with Gasteiger partial charge in [-0.3, -0.25) is 0 Å². The van der Waals surface area contributed by atoms with Gasteiger partial charge in [0.2, 0.25) is 0 Å². The van der Waals surface area contributed by atoms with E-state index in [1.807, 2.05) is 27.7 Å². The monoisotopic (exact) mass is 200 g/mol. The fourth-order valence-corrected chi connectivity index (χ4v) is 2.42. The van der Waals surface area contributed by atoms with Crippen molar-refractivity contribution in [3.63, 3.8) is 0 Å². The molecule has 0 aromatic carbocycles. The van der Waals surface area contributed by atoms with Crippen molar-refractivity contribution >= 4 is 9.52 Å². The number of terminal acetylenes is 1. The molecule has 76 valence electrons. The van der Waals surface area contributed by atoms with Gasteiger partial charge in [-0.05, 0) is 27.7 Å². The summed E-state index contributed by atoms with van der Waals surface area (Å²) < 4.78 is 11.2. The third kappa shape index (κ3) is 8.04. The van der Waals surface area contributed by atoms with Gasteiger partial charge >= 0.3 is 0 Å². The highest BCUT2D eigenvalue weighted by Crippen LogP contribution is 2.03. The van der Waals surface area contributed by atoms with Crippen molar-refractivity contribution in [3.8, 4) is 12.3 Å². The molecule has 0 atom stereocenters. The van der Waals surface area contributed by atoms with Gasteiger partial charge in [0, 0.05) is 6.04 Å². The first-order valence-corrected chi connectivity index (χ1v) is 6.62. The Balaban J connectivity index is 3.81. The number of ether oxygens (including phenoxy) is 2. The normalized spacial score (nSPS) is 12.2. The lowest BCUT2D eigenvalue weighted by molar-refractivity contribution is -0.133. The summed E-state index contributed by atoms with van der Waals surface area (Å²) in [5.41, 5.74) is 0. The van der Waals surface area contributed by atoms with Gasteiger partial charge in [0.15, 0.2) is 0 Å². The molecular formula is C10H20O2Si. The van der Waals surface area contributed by atoms with Gasteiger partial charge in [-0.2, -0.15) is 0 Å². The van der Waals surface area contributed by atoms with Crippen LogP contribution in [-0.4, -0.2) is 27.6 Å². The Morgan fingerprint density at radius 1 is 1.15 bits per heavy atom. The maximum atomic E-state index is 5.61. The van der Waals surface area contributed by atoms with Crippen molar-refractivity contribution in [2.75, 3.05) is 0 Å². The summed E-state index contributed by atoms with van der Waals surface area (Å²) in [7, 11) is -0.441. The molecule has 0 aliphatic carbocycles. The summed E-state index contributed by atoms with van der Waals surface area (Å²) >= 11 is 0. The van der Waals surface area contributed by atoms with Crippen LogP contribution in [0.4, 0.5) is 0 Å². The van der Waals surface area contributed by atoms with Gasteiger partial charge in [-0.15, -0.1) is 12.3 Å². The first-order chi connectivity index (χ1) is 6.06. The molecule has 2 nitrogen and oxygen atoms in total. The van der Waals surface area contributed by atoms with Gasteiger partial charge in [-0.1, -0.05) is 0 Å². The zero-order chi connectivity index (χ0) is 10.3. The van der Waals surface area contributed by atoms with Crippen molar-refractivity contribution < 1.29 is 9.47 Å². The van der Waals surface area contributed by atoms with Crippen molar-refractivity contribution in [1.29, 1.82) is 0 Å². The van der Waals surface area contributed by atoms with Crippen LogP contribution in [0, 0.1) is 12.3 Å². The van der Waals surface area contributed by atoms with Crippen LogP contribution in [0.3, 0.4) is 0 Å². The van der Waals surface area contributed by atoms with Crippen molar-refractivity contribution in [2.45, 2.75) is 51.9 Å². The second-order valence-corrected chi connectivity index (χ2v) is 5.29. The molecule has 13 heavy (non-hydrogen) atoms. The van der Waals surface area contributed by atoms with Gasteiger partial charge in [-0.25, -0.2) is 0 Å². The molecule has 0 heterocycles. The Hall–Kier alpha value is -0.303. The van der Waals surface area contributed by atoms with Crippen LogP contribution in [0.25, 0.3) is 0 Å². The fraction of sp³-hybridized carbons (Fsp3) is 0.800. The summed E-state index contributed by atoms with van der Waals surface area (Å²) in [4.78, 5) is 0. The molecule has 0 aliphatic rings. The average Bonchev–Trinajstić information content (AvgIpc) is 1.98. The van der Waals surface area contributed by atoms with Crippen molar-refractivity contribution in [2.24, 2.45) is 0 Å². The lowest BCUT2D eigenvalue weighted by Crippen LogP contribution is -2.29. The Labute approximate surface area is 83.8 Å². The molecule has 0 radical (unpaired) electrons. The fourth-order valence-electron chi connectivity index (χ4n) is 0.976. The SMILES string of the molecule is C#CC[SiH2]C(OC(C)C)OC(C)C. The zero-order valence-corrected chi connectivity index (χ0v) is 10.5. The van der Waals surface area contributed by atoms with Gasteiger partial charge < -0.3 is 9.47 Å². The Morgan fingerprint density at radius 2 is 1.62 bits per heavy atom. The van der Waals surface area contributed by atoms with E-state index in [4.69, 9.17) is 15.9 Å². The van der Waals surface area contributed by atoms with Gasteiger partial charge in [0.25, 0.3) is 0 Å². The van der Waals surface area contributed by atoms with E-state index in [2.05, 4.69) is 5.92 Å². The highest BCUT2D eigenvalue weighted by Gasteiger charge is 2.12. The molecule has 0 unspecified atom stereocenters. The predicted molar refractivity (Wildman–Crippen MR) is 58.4 cm³/mol. The average molecular weight is 200 g/mol. The number of rotatable bonds is 6. The molecule has 0 spiro atoms. The van der Waals surface area contributed by atoms with Crippen LogP contribution in [0.15, 0.2) is 0 Å². The first kappa shape index (κ1) is 12.7. The Bertz CT molecular complexity index is 151. The van der Waals surface area contributed by atoms with E-state index in [1.165, 1.54) is 0 Å². The molecule has 3 heteroatoms. The van der Waals surface area contributed by atoms with Crippen molar-refractivity contribution in [1.82, 2.24) is 0 Å². The summed E-state index contributed by atoms with van der Waals surface area (Å²) in [5, 5.41) is 0. The van der Waals surface area contributed by atoms with Gasteiger partial charge in [0.05, 0.1) is 12.2 Å². The lowest BCUT2D eigenvalue weighted by Gasteiger charge is -2.22. The second-order valence-electron chi connectivity index (χ2n) is 3.54. The number of hydrogen-bond donors (Lipinski definition) is 0. The summed E-state index contributed by atoms with van der Waals surface area (Å²) in [6, 6.07) is 0.837. The van der Waals surface area contributed by atoms with Crippen LogP contribution in [0.1, 0.15) is 27.7 Å². The number of hydrogen-bond acceptors (Lipinski definition) is 2. The molecule has 0 aromatic rings. The smallest absolute Gasteiger partial charge is 0.136 e. The maximum absolute atomic E-state index is 5.61. The predicted octanol–water partition coefficient (Wildman–Crippen LogP) is 1.34. The lowest BCUT2D eigenvalue weighted by atomic mass is 10.5. The Kier molecular flexibility index (Phi) is 6.97. The minimum absolute atomic E-state index is 0.0175. The topological polar surface area (TPSA) is 18.5 Å². The first-order valence-electron chi connectivity index (χ1n) is 4.80. The van der Waals surface area contributed by atoms with Crippen LogP contribution in [0.2, 0.25) is 6.04 Å². The summed E-state index contributed by atoms with van der Waals surface area (Å²) in [6.45, 7) is 8.06. The van der Waals surface area contributed by atoms with E-state index in [0.717, 1.165) is 6.04 Å². The highest BCUT2D eigenvalue weighted by atomic mass is 28.2.